The molecule has 1 fully saturated rings. The standard InChI is InChI=1S/C23H30N4O5/c1-15-18(21(29)25-22(30)24-15)12-20(28)27-13-16-11-17(31-3)5-6-19(16)32-23(14-27)7-4-9-26(2)10-8-23/h5-6,11H,4,7-10,12-14H2,1-3H3,(H2,24,25,29,30). The second-order valence-electron chi connectivity index (χ2n) is 8.85. The van der Waals surface area contributed by atoms with Gasteiger partial charge in [-0.1, -0.05) is 0 Å². The van der Waals surface area contributed by atoms with Crippen molar-refractivity contribution in [2.75, 3.05) is 33.8 Å². The predicted octanol–water partition coefficient (Wildman–Crippen LogP) is 1.20. The predicted molar refractivity (Wildman–Crippen MR) is 119 cm³/mol. The molecule has 1 aromatic carbocycles. The molecule has 172 valence electrons. The van der Waals surface area contributed by atoms with Crippen molar-refractivity contribution in [2.45, 2.75) is 44.8 Å². The molecule has 32 heavy (non-hydrogen) atoms. The first-order valence-electron chi connectivity index (χ1n) is 10.9. The summed E-state index contributed by atoms with van der Waals surface area (Å²) in [5.41, 5.74) is -0.0363. The first-order valence-corrected chi connectivity index (χ1v) is 10.9. The zero-order chi connectivity index (χ0) is 22.9. The van der Waals surface area contributed by atoms with Crippen LogP contribution in [0, 0.1) is 6.92 Å². The third-order valence-electron chi connectivity index (χ3n) is 6.49. The number of methoxy groups -OCH3 is 1. The third kappa shape index (κ3) is 4.57. The summed E-state index contributed by atoms with van der Waals surface area (Å²) in [6.45, 7) is 4.31. The van der Waals surface area contributed by atoms with Crippen LogP contribution >= 0.6 is 0 Å². The lowest BCUT2D eigenvalue weighted by Crippen LogP contribution is -2.48. The van der Waals surface area contributed by atoms with Gasteiger partial charge >= 0.3 is 5.69 Å². The van der Waals surface area contributed by atoms with Gasteiger partial charge in [0.1, 0.15) is 17.1 Å². The molecule has 3 heterocycles. The molecule has 1 spiro atoms. The van der Waals surface area contributed by atoms with Gasteiger partial charge in [-0.3, -0.25) is 14.6 Å². The van der Waals surface area contributed by atoms with E-state index >= 15 is 0 Å². The highest BCUT2D eigenvalue weighted by Gasteiger charge is 2.40. The Morgan fingerprint density at radius 1 is 1.22 bits per heavy atom. The van der Waals surface area contributed by atoms with Crippen molar-refractivity contribution in [2.24, 2.45) is 0 Å². The Labute approximate surface area is 186 Å². The van der Waals surface area contributed by atoms with E-state index in [2.05, 4.69) is 21.9 Å². The molecule has 1 amide bonds. The molecule has 4 rings (SSSR count). The van der Waals surface area contributed by atoms with Gasteiger partial charge in [-0.05, 0) is 51.6 Å². The fourth-order valence-corrected chi connectivity index (χ4v) is 4.62. The average Bonchev–Trinajstić information content (AvgIpc) is 3.02. The number of nitrogens with one attached hydrogen (secondary N) is 2. The van der Waals surface area contributed by atoms with E-state index in [0.29, 0.717) is 24.5 Å². The van der Waals surface area contributed by atoms with Crippen molar-refractivity contribution >= 4 is 5.91 Å². The van der Waals surface area contributed by atoms with Gasteiger partial charge in [-0.2, -0.15) is 0 Å². The van der Waals surface area contributed by atoms with E-state index in [0.717, 1.165) is 43.7 Å². The molecule has 0 aliphatic carbocycles. The molecule has 0 bridgehead atoms. The Kier molecular flexibility index (Phi) is 6.10. The number of ether oxygens (including phenoxy) is 2. The van der Waals surface area contributed by atoms with E-state index in [1.165, 1.54) is 0 Å². The molecule has 2 aliphatic rings. The Bertz CT molecular complexity index is 1120. The molecule has 2 aliphatic heterocycles. The lowest BCUT2D eigenvalue weighted by molar-refractivity contribution is -0.133. The van der Waals surface area contributed by atoms with Gasteiger partial charge in [0.25, 0.3) is 5.56 Å². The van der Waals surface area contributed by atoms with Crippen LogP contribution in [0.3, 0.4) is 0 Å². The molecular formula is C23H30N4O5. The molecule has 9 nitrogen and oxygen atoms in total. The number of carbonyl (C=O) groups excluding carboxylic acids is 1. The van der Waals surface area contributed by atoms with Crippen molar-refractivity contribution in [3.8, 4) is 11.5 Å². The number of amides is 1. The molecule has 1 aromatic heterocycles. The molecule has 1 atom stereocenters. The largest absolute Gasteiger partial charge is 0.497 e. The van der Waals surface area contributed by atoms with E-state index in [1.807, 2.05) is 18.2 Å². The van der Waals surface area contributed by atoms with Crippen LogP contribution in [0.25, 0.3) is 0 Å². The van der Waals surface area contributed by atoms with Crippen LogP contribution in [0.1, 0.15) is 36.1 Å². The highest BCUT2D eigenvalue weighted by atomic mass is 16.5. The van der Waals surface area contributed by atoms with E-state index in [-0.39, 0.29) is 17.9 Å². The number of likely N-dealkylation sites (tertiary alicyclic amines) is 1. The normalized spacial score (nSPS) is 21.4. The monoisotopic (exact) mass is 442 g/mol. The minimum absolute atomic E-state index is 0.0900. The van der Waals surface area contributed by atoms with Gasteiger partial charge in [0.2, 0.25) is 5.91 Å². The maximum atomic E-state index is 13.4. The smallest absolute Gasteiger partial charge is 0.325 e. The van der Waals surface area contributed by atoms with Crippen LogP contribution in [0.4, 0.5) is 0 Å². The number of nitrogens with zero attached hydrogens (tertiary/aromatic N) is 2. The number of hydrogen-bond donors (Lipinski definition) is 2. The summed E-state index contributed by atoms with van der Waals surface area (Å²) in [5.74, 6) is 1.29. The van der Waals surface area contributed by atoms with Crippen LogP contribution < -0.4 is 20.7 Å². The Balaban J connectivity index is 1.69. The van der Waals surface area contributed by atoms with E-state index in [9.17, 15) is 14.4 Å². The summed E-state index contributed by atoms with van der Waals surface area (Å²) in [4.78, 5) is 46.1. The molecule has 1 unspecified atom stereocenters. The third-order valence-corrected chi connectivity index (χ3v) is 6.49. The van der Waals surface area contributed by atoms with E-state index in [1.54, 1.807) is 18.9 Å². The SMILES string of the molecule is COc1ccc2c(c1)CN(C(=O)Cc1c(C)[nH]c(=O)[nH]c1=O)CC1(CCCN(C)CC1)O2. The lowest BCUT2D eigenvalue weighted by atomic mass is 9.93. The number of rotatable bonds is 3. The molecule has 1 saturated heterocycles. The minimum atomic E-state index is -0.575. The van der Waals surface area contributed by atoms with Crippen LogP contribution in [-0.4, -0.2) is 65.1 Å². The Hall–Kier alpha value is -3.07. The summed E-state index contributed by atoms with van der Waals surface area (Å²) in [6.07, 6.45) is 2.53. The van der Waals surface area contributed by atoms with Crippen LogP contribution in [0.15, 0.2) is 27.8 Å². The maximum absolute atomic E-state index is 13.4. The number of H-pyrrole nitrogens is 2. The molecule has 2 aromatic rings. The quantitative estimate of drug-likeness (QED) is 0.740. The van der Waals surface area contributed by atoms with Gasteiger partial charge in [0.05, 0.1) is 20.1 Å². The topological polar surface area (TPSA) is 108 Å². The van der Waals surface area contributed by atoms with Gasteiger partial charge in [-0.25, -0.2) is 4.79 Å². The summed E-state index contributed by atoms with van der Waals surface area (Å²) in [5, 5.41) is 0. The van der Waals surface area contributed by atoms with Gasteiger partial charge in [0.15, 0.2) is 0 Å². The van der Waals surface area contributed by atoms with Crippen molar-refractivity contribution in [3.05, 3.63) is 55.9 Å². The highest BCUT2D eigenvalue weighted by Crippen LogP contribution is 2.37. The zero-order valence-corrected chi connectivity index (χ0v) is 18.8. The highest BCUT2D eigenvalue weighted by molar-refractivity contribution is 5.79. The fraction of sp³-hybridized carbons (Fsp3) is 0.522. The van der Waals surface area contributed by atoms with Crippen molar-refractivity contribution in [1.82, 2.24) is 19.8 Å². The van der Waals surface area contributed by atoms with Crippen molar-refractivity contribution in [1.29, 1.82) is 0 Å². The van der Waals surface area contributed by atoms with Crippen LogP contribution in [0.5, 0.6) is 11.5 Å². The van der Waals surface area contributed by atoms with Gasteiger partial charge in [-0.15, -0.1) is 0 Å². The average molecular weight is 443 g/mol. The summed E-state index contributed by atoms with van der Waals surface area (Å²) < 4.78 is 12.0. The van der Waals surface area contributed by atoms with Crippen LogP contribution in [0.2, 0.25) is 0 Å². The van der Waals surface area contributed by atoms with Crippen molar-refractivity contribution < 1.29 is 14.3 Å². The number of aromatic amines is 2. The van der Waals surface area contributed by atoms with Gasteiger partial charge in [0, 0.05) is 36.3 Å². The number of fused-ring (bicyclic) bond motifs is 1. The fourth-order valence-electron chi connectivity index (χ4n) is 4.62. The zero-order valence-electron chi connectivity index (χ0n) is 18.8. The first kappa shape index (κ1) is 22.1. The van der Waals surface area contributed by atoms with E-state index in [4.69, 9.17) is 9.47 Å². The molecular weight excluding hydrogens is 412 g/mol. The number of aromatic nitrogens is 2. The maximum Gasteiger partial charge on any atom is 0.325 e. The molecule has 2 N–H and O–H groups in total. The summed E-state index contributed by atoms with van der Waals surface area (Å²) in [7, 11) is 3.71. The number of aryl methyl sites for hydroxylation is 1. The van der Waals surface area contributed by atoms with Crippen molar-refractivity contribution in [3.63, 3.8) is 0 Å². The Morgan fingerprint density at radius 3 is 2.78 bits per heavy atom. The summed E-state index contributed by atoms with van der Waals surface area (Å²) >= 11 is 0. The Morgan fingerprint density at radius 2 is 2.03 bits per heavy atom. The molecule has 9 heteroatoms. The lowest BCUT2D eigenvalue weighted by Gasteiger charge is -2.35. The minimum Gasteiger partial charge on any atom is -0.497 e. The first-order chi connectivity index (χ1) is 15.3. The number of hydrogen-bond acceptors (Lipinski definition) is 6. The second-order valence-corrected chi connectivity index (χ2v) is 8.85. The summed E-state index contributed by atoms with van der Waals surface area (Å²) in [6, 6.07) is 5.68. The number of benzene rings is 1. The number of carbonyl (C=O) groups is 1. The molecule has 0 radical (unpaired) electrons. The van der Waals surface area contributed by atoms with E-state index < -0.39 is 16.9 Å². The van der Waals surface area contributed by atoms with Crippen LogP contribution in [-0.2, 0) is 17.8 Å². The van der Waals surface area contributed by atoms with Gasteiger partial charge < -0.3 is 24.3 Å². The second kappa shape index (κ2) is 8.82. The molecule has 0 saturated carbocycles.